The number of aliphatic hydroxyl groups is 1. The van der Waals surface area contributed by atoms with Crippen molar-refractivity contribution >= 4 is 10.0 Å². The van der Waals surface area contributed by atoms with Gasteiger partial charge in [0, 0.05) is 19.7 Å². The normalized spacial score (nSPS) is 22.0. The molecule has 4 nitrogen and oxygen atoms in total. The zero-order valence-corrected chi connectivity index (χ0v) is 11.4. The van der Waals surface area contributed by atoms with E-state index in [0.717, 1.165) is 18.4 Å². The van der Waals surface area contributed by atoms with Crippen molar-refractivity contribution in [2.75, 3.05) is 19.7 Å². The quantitative estimate of drug-likeness (QED) is 0.902. The van der Waals surface area contributed by atoms with E-state index in [0.29, 0.717) is 18.0 Å². The van der Waals surface area contributed by atoms with Crippen LogP contribution >= 0.6 is 0 Å². The molecule has 1 N–H and O–H groups in total. The number of hydrogen-bond acceptors (Lipinski definition) is 3. The topological polar surface area (TPSA) is 57.6 Å². The monoisotopic (exact) mass is 269 g/mol. The Morgan fingerprint density at radius 1 is 1.39 bits per heavy atom. The number of benzene rings is 1. The molecule has 1 heterocycles. The van der Waals surface area contributed by atoms with Crippen LogP contribution in [0.25, 0.3) is 0 Å². The molecule has 1 atom stereocenters. The van der Waals surface area contributed by atoms with E-state index in [1.165, 1.54) is 4.31 Å². The van der Waals surface area contributed by atoms with Crippen molar-refractivity contribution in [3.8, 4) is 0 Å². The largest absolute Gasteiger partial charge is 0.396 e. The fourth-order valence-corrected chi connectivity index (χ4v) is 4.16. The van der Waals surface area contributed by atoms with Gasteiger partial charge in [-0.05, 0) is 37.3 Å². The van der Waals surface area contributed by atoms with Gasteiger partial charge in [-0.3, -0.25) is 0 Å². The van der Waals surface area contributed by atoms with Crippen LogP contribution in [-0.2, 0) is 10.0 Å². The summed E-state index contributed by atoms with van der Waals surface area (Å²) >= 11 is 0. The minimum absolute atomic E-state index is 0.0553. The zero-order chi connectivity index (χ0) is 13.2. The van der Waals surface area contributed by atoms with Crippen molar-refractivity contribution in [3.63, 3.8) is 0 Å². The molecule has 0 aliphatic carbocycles. The minimum Gasteiger partial charge on any atom is -0.396 e. The van der Waals surface area contributed by atoms with E-state index in [4.69, 9.17) is 0 Å². The molecule has 18 heavy (non-hydrogen) atoms. The van der Waals surface area contributed by atoms with Gasteiger partial charge >= 0.3 is 0 Å². The first-order chi connectivity index (χ1) is 8.55. The molecule has 1 fully saturated rings. The average Bonchev–Trinajstić information content (AvgIpc) is 2.39. The van der Waals surface area contributed by atoms with Crippen LogP contribution in [0.1, 0.15) is 18.4 Å². The Morgan fingerprint density at radius 3 is 2.78 bits per heavy atom. The van der Waals surface area contributed by atoms with Gasteiger partial charge in [0.15, 0.2) is 0 Å². The van der Waals surface area contributed by atoms with Crippen LogP contribution in [0, 0.1) is 12.8 Å². The third kappa shape index (κ3) is 2.58. The first-order valence-corrected chi connectivity index (χ1v) is 7.66. The molecule has 1 unspecified atom stereocenters. The van der Waals surface area contributed by atoms with Gasteiger partial charge in [-0.15, -0.1) is 0 Å². The number of rotatable bonds is 3. The molecule has 0 amide bonds. The van der Waals surface area contributed by atoms with Crippen LogP contribution in [-0.4, -0.2) is 37.5 Å². The number of aryl methyl sites for hydroxylation is 1. The van der Waals surface area contributed by atoms with Gasteiger partial charge in [0.1, 0.15) is 0 Å². The van der Waals surface area contributed by atoms with E-state index in [1.54, 1.807) is 25.1 Å². The van der Waals surface area contributed by atoms with Crippen molar-refractivity contribution in [2.24, 2.45) is 5.92 Å². The van der Waals surface area contributed by atoms with Crippen LogP contribution < -0.4 is 0 Å². The lowest BCUT2D eigenvalue weighted by molar-refractivity contribution is 0.165. The number of nitrogens with zero attached hydrogens (tertiary/aromatic N) is 1. The molecule has 0 saturated carbocycles. The van der Waals surface area contributed by atoms with E-state index in [-0.39, 0.29) is 12.5 Å². The number of piperidine rings is 1. The summed E-state index contributed by atoms with van der Waals surface area (Å²) in [5.41, 5.74) is 0.767. The summed E-state index contributed by atoms with van der Waals surface area (Å²) in [6, 6.07) is 7.03. The van der Waals surface area contributed by atoms with Crippen LogP contribution in [0.15, 0.2) is 29.2 Å². The van der Waals surface area contributed by atoms with Crippen molar-refractivity contribution in [2.45, 2.75) is 24.7 Å². The van der Waals surface area contributed by atoms with Gasteiger partial charge in [-0.25, -0.2) is 8.42 Å². The van der Waals surface area contributed by atoms with Gasteiger partial charge in [0.05, 0.1) is 4.90 Å². The molecule has 5 heteroatoms. The lowest BCUT2D eigenvalue weighted by atomic mass is 10.0. The highest BCUT2D eigenvalue weighted by Gasteiger charge is 2.30. The van der Waals surface area contributed by atoms with Crippen molar-refractivity contribution in [1.82, 2.24) is 4.31 Å². The zero-order valence-electron chi connectivity index (χ0n) is 10.5. The summed E-state index contributed by atoms with van der Waals surface area (Å²) in [4.78, 5) is 0.378. The highest BCUT2D eigenvalue weighted by atomic mass is 32.2. The fraction of sp³-hybridized carbons (Fsp3) is 0.538. The third-order valence-electron chi connectivity index (χ3n) is 3.45. The standard InChI is InChI=1S/C13H19NO3S/c1-11-5-2-3-7-13(11)18(16,17)14-8-4-6-12(9-14)10-15/h2-3,5,7,12,15H,4,6,8-10H2,1H3. The number of hydrogen-bond donors (Lipinski definition) is 1. The summed E-state index contributed by atoms with van der Waals surface area (Å²) < 4.78 is 26.5. The molecule has 0 aromatic heterocycles. The summed E-state index contributed by atoms with van der Waals surface area (Å²) in [6.07, 6.45) is 1.71. The van der Waals surface area contributed by atoms with Gasteiger partial charge < -0.3 is 5.11 Å². The lowest BCUT2D eigenvalue weighted by Crippen LogP contribution is -2.41. The lowest BCUT2D eigenvalue weighted by Gasteiger charge is -2.31. The van der Waals surface area contributed by atoms with Crippen molar-refractivity contribution in [3.05, 3.63) is 29.8 Å². The molecule has 100 valence electrons. The number of sulfonamides is 1. The second kappa shape index (κ2) is 5.38. The van der Waals surface area contributed by atoms with E-state index in [1.807, 2.05) is 6.07 Å². The SMILES string of the molecule is Cc1ccccc1S(=O)(=O)N1CCCC(CO)C1. The fourth-order valence-electron chi connectivity index (χ4n) is 2.38. The van der Waals surface area contributed by atoms with Crippen LogP contribution in [0.2, 0.25) is 0 Å². The first kappa shape index (κ1) is 13.5. The molecular weight excluding hydrogens is 250 g/mol. The molecule has 0 bridgehead atoms. The highest BCUT2D eigenvalue weighted by Crippen LogP contribution is 2.25. The molecule has 0 radical (unpaired) electrons. The number of aliphatic hydroxyl groups excluding tert-OH is 1. The van der Waals surface area contributed by atoms with Gasteiger partial charge in [0.2, 0.25) is 10.0 Å². The Bertz CT molecular complexity index is 513. The van der Waals surface area contributed by atoms with E-state index < -0.39 is 10.0 Å². The van der Waals surface area contributed by atoms with Crippen LogP contribution in [0.3, 0.4) is 0 Å². The third-order valence-corrected chi connectivity index (χ3v) is 5.48. The summed E-state index contributed by atoms with van der Waals surface area (Å²) in [5, 5.41) is 9.18. The van der Waals surface area contributed by atoms with E-state index >= 15 is 0 Å². The van der Waals surface area contributed by atoms with Crippen LogP contribution in [0.5, 0.6) is 0 Å². The summed E-state index contributed by atoms with van der Waals surface area (Å²) in [7, 11) is -3.41. The van der Waals surface area contributed by atoms with Crippen LogP contribution in [0.4, 0.5) is 0 Å². The molecule has 1 saturated heterocycles. The predicted octanol–water partition coefficient (Wildman–Crippen LogP) is 1.39. The molecular formula is C13H19NO3S. The Kier molecular flexibility index (Phi) is 4.04. The molecule has 1 aromatic rings. The van der Waals surface area contributed by atoms with Crippen molar-refractivity contribution < 1.29 is 13.5 Å². The van der Waals surface area contributed by atoms with E-state index in [9.17, 15) is 13.5 Å². The van der Waals surface area contributed by atoms with Crippen molar-refractivity contribution in [1.29, 1.82) is 0 Å². The maximum Gasteiger partial charge on any atom is 0.243 e. The smallest absolute Gasteiger partial charge is 0.243 e. The molecule has 0 spiro atoms. The maximum atomic E-state index is 12.5. The predicted molar refractivity (Wildman–Crippen MR) is 69.7 cm³/mol. The summed E-state index contributed by atoms with van der Waals surface area (Å²) in [5.74, 6) is 0.0672. The first-order valence-electron chi connectivity index (χ1n) is 6.22. The van der Waals surface area contributed by atoms with Gasteiger partial charge in [-0.1, -0.05) is 18.2 Å². The van der Waals surface area contributed by atoms with Gasteiger partial charge in [-0.2, -0.15) is 4.31 Å². The molecule has 1 aliphatic heterocycles. The Hall–Kier alpha value is -0.910. The van der Waals surface area contributed by atoms with E-state index in [2.05, 4.69) is 0 Å². The molecule has 2 rings (SSSR count). The molecule has 1 aliphatic rings. The Labute approximate surface area is 108 Å². The minimum atomic E-state index is -3.41. The maximum absolute atomic E-state index is 12.5. The Morgan fingerprint density at radius 2 is 2.11 bits per heavy atom. The average molecular weight is 269 g/mol. The highest BCUT2D eigenvalue weighted by molar-refractivity contribution is 7.89. The molecule has 1 aromatic carbocycles. The Balaban J connectivity index is 2.29. The second-order valence-electron chi connectivity index (χ2n) is 4.82. The second-order valence-corrected chi connectivity index (χ2v) is 6.73. The van der Waals surface area contributed by atoms with Gasteiger partial charge in [0.25, 0.3) is 0 Å². The summed E-state index contributed by atoms with van der Waals surface area (Å²) in [6.45, 7) is 2.83.